The molecule has 0 saturated heterocycles. The maximum atomic E-state index is 11.8. The van der Waals surface area contributed by atoms with Crippen LogP contribution in [0.15, 0.2) is 23.2 Å². The Morgan fingerprint density at radius 3 is 2.89 bits per heavy atom. The SMILES string of the molecule is C#CC(C)N1C(=O)N=C(N)C1c1ccc(O)c(Cl)c1. The van der Waals surface area contributed by atoms with Crippen molar-refractivity contribution in [1.29, 1.82) is 0 Å². The minimum absolute atomic E-state index is 0.0400. The van der Waals surface area contributed by atoms with Crippen molar-refractivity contribution in [1.82, 2.24) is 4.90 Å². The third kappa shape index (κ3) is 2.23. The molecule has 0 bridgehead atoms. The van der Waals surface area contributed by atoms with Crippen molar-refractivity contribution in [3.8, 4) is 18.1 Å². The number of carbonyl (C=O) groups excluding carboxylic acids is 1. The Kier molecular flexibility index (Phi) is 3.36. The van der Waals surface area contributed by atoms with Crippen molar-refractivity contribution in [2.75, 3.05) is 0 Å². The van der Waals surface area contributed by atoms with Gasteiger partial charge in [-0.25, -0.2) is 4.79 Å². The van der Waals surface area contributed by atoms with Gasteiger partial charge in [0.1, 0.15) is 17.6 Å². The maximum absolute atomic E-state index is 11.8. The molecule has 5 nitrogen and oxygen atoms in total. The Morgan fingerprint density at radius 1 is 1.63 bits per heavy atom. The van der Waals surface area contributed by atoms with E-state index in [0.29, 0.717) is 5.56 Å². The van der Waals surface area contributed by atoms with Crippen LogP contribution in [-0.2, 0) is 0 Å². The van der Waals surface area contributed by atoms with Crippen LogP contribution < -0.4 is 5.73 Å². The molecule has 0 saturated carbocycles. The fourth-order valence-corrected chi connectivity index (χ4v) is 2.17. The molecule has 1 aromatic carbocycles. The zero-order valence-electron chi connectivity index (χ0n) is 10.2. The fraction of sp³-hybridized carbons (Fsp3) is 0.231. The molecule has 1 heterocycles. The van der Waals surface area contributed by atoms with Crippen LogP contribution in [0.4, 0.5) is 4.79 Å². The molecule has 0 aliphatic carbocycles. The van der Waals surface area contributed by atoms with Gasteiger partial charge in [0.25, 0.3) is 0 Å². The van der Waals surface area contributed by atoms with Gasteiger partial charge in [0, 0.05) is 0 Å². The molecule has 2 rings (SSSR count). The van der Waals surface area contributed by atoms with E-state index < -0.39 is 18.1 Å². The standard InChI is InChI=1S/C13H12ClN3O2/c1-3-7(2)17-11(12(15)16-13(17)19)8-4-5-10(18)9(14)6-8/h1,4-7,11,18H,2H3,(H2,15,16,19). The van der Waals surface area contributed by atoms with Gasteiger partial charge >= 0.3 is 6.03 Å². The molecule has 2 amide bonds. The van der Waals surface area contributed by atoms with E-state index in [1.54, 1.807) is 19.1 Å². The first kappa shape index (κ1) is 13.2. The number of nitrogens with two attached hydrogens (primary N) is 1. The van der Waals surface area contributed by atoms with Crippen LogP contribution in [0.5, 0.6) is 5.75 Å². The number of terminal acetylenes is 1. The van der Waals surface area contributed by atoms with Crippen molar-refractivity contribution in [2.24, 2.45) is 10.7 Å². The van der Waals surface area contributed by atoms with E-state index in [1.807, 2.05) is 0 Å². The van der Waals surface area contributed by atoms with Crippen molar-refractivity contribution >= 4 is 23.5 Å². The van der Waals surface area contributed by atoms with Gasteiger partial charge in [-0.3, -0.25) is 4.90 Å². The second kappa shape index (κ2) is 4.82. The highest BCUT2D eigenvalue weighted by Gasteiger charge is 2.37. The van der Waals surface area contributed by atoms with Crippen LogP contribution >= 0.6 is 11.6 Å². The number of halogens is 1. The lowest BCUT2D eigenvalue weighted by molar-refractivity contribution is 0.199. The first-order chi connectivity index (χ1) is 8.95. The van der Waals surface area contributed by atoms with E-state index in [9.17, 15) is 9.90 Å². The minimum Gasteiger partial charge on any atom is -0.506 e. The number of phenolic OH excluding ortho intramolecular Hbond substituents is 1. The lowest BCUT2D eigenvalue weighted by Gasteiger charge is -2.27. The Bertz CT molecular complexity index is 606. The fourth-order valence-electron chi connectivity index (χ4n) is 1.98. The summed E-state index contributed by atoms with van der Waals surface area (Å²) in [4.78, 5) is 16.9. The zero-order valence-corrected chi connectivity index (χ0v) is 10.9. The van der Waals surface area contributed by atoms with Gasteiger partial charge in [-0.2, -0.15) is 4.99 Å². The minimum atomic E-state index is -0.559. The molecular weight excluding hydrogens is 266 g/mol. The number of aromatic hydroxyl groups is 1. The van der Waals surface area contributed by atoms with Crippen molar-refractivity contribution < 1.29 is 9.90 Å². The van der Waals surface area contributed by atoms with Gasteiger partial charge in [0.15, 0.2) is 0 Å². The number of nitrogens with zero attached hydrogens (tertiary/aromatic N) is 2. The number of benzene rings is 1. The van der Waals surface area contributed by atoms with Gasteiger partial charge in [-0.15, -0.1) is 6.42 Å². The van der Waals surface area contributed by atoms with Gasteiger partial charge in [-0.1, -0.05) is 23.6 Å². The number of hydrogen-bond donors (Lipinski definition) is 2. The molecular formula is C13H12ClN3O2. The molecule has 1 aliphatic rings. The topological polar surface area (TPSA) is 78.9 Å². The summed E-state index contributed by atoms with van der Waals surface area (Å²) in [7, 11) is 0. The second-order valence-corrected chi connectivity index (χ2v) is 4.59. The van der Waals surface area contributed by atoms with Crippen LogP contribution in [0.3, 0.4) is 0 Å². The molecule has 2 atom stereocenters. The maximum Gasteiger partial charge on any atom is 0.347 e. The summed E-state index contributed by atoms with van der Waals surface area (Å²) in [5.74, 6) is 2.60. The molecule has 3 N–H and O–H groups in total. The molecule has 0 radical (unpaired) electrons. The molecule has 1 aliphatic heterocycles. The summed E-state index contributed by atoms with van der Waals surface area (Å²) >= 11 is 5.86. The van der Waals surface area contributed by atoms with Crippen LogP contribution in [0.2, 0.25) is 5.02 Å². The average Bonchev–Trinajstić information content (AvgIpc) is 2.67. The van der Waals surface area contributed by atoms with Crippen molar-refractivity contribution in [2.45, 2.75) is 19.0 Å². The summed E-state index contributed by atoms with van der Waals surface area (Å²) in [6, 6.07) is 3.12. The van der Waals surface area contributed by atoms with Gasteiger partial charge in [0.2, 0.25) is 0 Å². The van der Waals surface area contributed by atoms with Crippen LogP contribution in [-0.4, -0.2) is 27.9 Å². The molecule has 98 valence electrons. The number of amidine groups is 1. The molecule has 1 aromatic rings. The molecule has 19 heavy (non-hydrogen) atoms. The van der Waals surface area contributed by atoms with Gasteiger partial charge < -0.3 is 10.8 Å². The van der Waals surface area contributed by atoms with Crippen molar-refractivity contribution in [3.63, 3.8) is 0 Å². The highest BCUT2D eigenvalue weighted by Crippen LogP contribution is 2.33. The monoisotopic (exact) mass is 277 g/mol. The van der Waals surface area contributed by atoms with E-state index in [1.165, 1.54) is 11.0 Å². The second-order valence-electron chi connectivity index (χ2n) is 4.18. The third-order valence-electron chi connectivity index (χ3n) is 2.95. The quantitative estimate of drug-likeness (QED) is 0.811. The Labute approximate surface area is 115 Å². The Hall–Kier alpha value is -2.19. The Balaban J connectivity index is 2.46. The highest BCUT2D eigenvalue weighted by molar-refractivity contribution is 6.32. The summed E-state index contributed by atoms with van der Waals surface area (Å²) < 4.78 is 0. The summed E-state index contributed by atoms with van der Waals surface area (Å²) in [5, 5.41) is 9.60. The number of carbonyl (C=O) groups is 1. The van der Waals surface area contributed by atoms with E-state index in [4.69, 9.17) is 23.8 Å². The van der Waals surface area contributed by atoms with E-state index >= 15 is 0 Å². The smallest absolute Gasteiger partial charge is 0.347 e. The molecule has 2 unspecified atom stereocenters. The zero-order chi connectivity index (χ0) is 14.2. The number of hydrogen-bond acceptors (Lipinski definition) is 3. The first-order valence-electron chi connectivity index (χ1n) is 5.56. The van der Waals surface area contributed by atoms with Crippen LogP contribution in [0.25, 0.3) is 0 Å². The number of urea groups is 1. The highest BCUT2D eigenvalue weighted by atomic mass is 35.5. The van der Waals surface area contributed by atoms with E-state index in [2.05, 4.69) is 10.9 Å². The molecule has 0 spiro atoms. The van der Waals surface area contributed by atoms with E-state index in [0.717, 1.165) is 0 Å². The Morgan fingerprint density at radius 2 is 2.32 bits per heavy atom. The van der Waals surface area contributed by atoms with Crippen molar-refractivity contribution in [3.05, 3.63) is 28.8 Å². The number of amides is 2. The van der Waals surface area contributed by atoms with Crippen LogP contribution in [0.1, 0.15) is 18.5 Å². The molecule has 0 aromatic heterocycles. The largest absolute Gasteiger partial charge is 0.506 e. The average molecular weight is 278 g/mol. The van der Waals surface area contributed by atoms with Gasteiger partial charge in [0.05, 0.1) is 11.1 Å². The summed E-state index contributed by atoms with van der Waals surface area (Å²) in [6.45, 7) is 1.71. The van der Waals surface area contributed by atoms with Gasteiger partial charge in [-0.05, 0) is 24.6 Å². The lowest BCUT2D eigenvalue weighted by Crippen LogP contribution is -2.38. The normalized spacial score (nSPS) is 20.1. The number of phenols is 1. The van der Waals surface area contributed by atoms with Crippen LogP contribution in [0, 0.1) is 12.3 Å². The summed E-state index contributed by atoms with van der Waals surface area (Å²) in [6.07, 6.45) is 5.35. The number of rotatable bonds is 2. The predicted octanol–water partition coefficient (Wildman–Crippen LogP) is 1.90. The first-order valence-corrected chi connectivity index (χ1v) is 5.94. The predicted molar refractivity (Wildman–Crippen MR) is 73.0 cm³/mol. The lowest BCUT2D eigenvalue weighted by atomic mass is 10.0. The molecule has 6 heteroatoms. The molecule has 0 fully saturated rings. The summed E-state index contributed by atoms with van der Waals surface area (Å²) in [5.41, 5.74) is 6.44. The number of aliphatic imine (C=N–C) groups is 1. The third-order valence-corrected chi connectivity index (χ3v) is 3.25. The van der Waals surface area contributed by atoms with E-state index in [-0.39, 0.29) is 16.6 Å².